The first-order valence-corrected chi connectivity index (χ1v) is 12.1. The zero-order chi connectivity index (χ0) is 22.1. The lowest BCUT2D eigenvalue weighted by atomic mass is 9.58. The van der Waals surface area contributed by atoms with Crippen molar-refractivity contribution in [2.75, 3.05) is 0 Å². The molecule has 1 aromatic rings. The summed E-state index contributed by atoms with van der Waals surface area (Å²) in [5, 5.41) is 0. The fraction of sp³-hybridized carbons (Fsp3) is 0.600. The lowest BCUT2D eigenvalue weighted by molar-refractivity contribution is 0.229. The second-order valence-corrected chi connectivity index (χ2v) is 12.1. The maximum absolute atomic E-state index is 2.64. The van der Waals surface area contributed by atoms with E-state index in [-0.39, 0.29) is 16.2 Å². The van der Waals surface area contributed by atoms with Gasteiger partial charge in [-0.15, -0.1) is 0 Å². The molecule has 1 unspecified atom stereocenters. The monoisotopic (exact) mass is 402 g/mol. The number of hydrogen-bond donors (Lipinski definition) is 0. The molecule has 0 heteroatoms. The van der Waals surface area contributed by atoms with Gasteiger partial charge in [-0.1, -0.05) is 62.6 Å². The van der Waals surface area contributed by atoms with Gasteiger partial charge in [0.2, 0.25) is 0 Å². The topological polar surface area (TPSA) is 0 Å². The third-order valence-electron chi connectivity index (χ3n) is 8.99. The molecule has 0 spiro atoms. The normalized spacial score (nSPS) is 25.6. The molecule has 0 nitrogen and oxygen atoms in total. The van der Waals surface area contributed by atoms with Crippen LogP contribution in [0.5, 0.6) is 0 Å². The van der Waals surface area contributed by atoms with Crippen LogP contribution < -0.4 is 0 Å². The van der Waals surface area contributed by atoms with Gasteiger partial charge in [-0.05, 0) is 112 Å². The zero-order valence-corrected chi connectivity index (χ0v) is 21.0. The van der Waals surface area contributed by atoms with E-state index < -0.39 is 0 Å². The van der Waals surface area contributed by atoms with Gasteiger partial charge in [0, 0.05) is 10.8 Å². The zero-order valence-electron chi connectivity index (χ0n) is 21.0. The van der Waals surface area contributed by atoms with Gasteiger partial charge in [0.1, 0.15) is 0 Å². The highest BCUT2D eigenvalue weighted by Gasteiger charge is 2.49. The Morgan fingerprint density at radius 2 is 1.37 bits per heavy atom. The summed E-state index contributed by atoms with van der Waals surface area (Å²) in [5.74, 6) is 0. The lowest BCUT2D eigenvalue weighted by Crippen LogP contribution is -2.38. The summed E-state index contributed by atoms with van der Waals surface area (Å²) < 4.78 is 0. The molecule has 30 heavy (non-hydrogen) atoms. The summed E-state index contributed by atoms with van der Waals surface area (Å²) in [5.41, 5.74) is 14.7. The van der Waals surface area contributed by atoms with Gasteiger partial charge in [0.15, 0.2) is 0 Å². The Labute approximate surface area is 185 Å². The van der Waals surface area contributed by atoms with Gasteiger partial charge in [-0.3, -0.25) is 0 Å². The van der Waals surface area contributed by atoms with Crippen LogP contribution in [0.3, 0.4) is 0 Å². The Bertz CT molecular complexity index is 962. The summed E-state index contributed by atoms with van der Waals surface area (Å²) in [6, 6.07) is 5.19. The minimum atomic E-state index is 0.127. The molecule has 0 radical (unpaired) electrons. The highest BCUT2D eigenvalue weighted by molar-refractivity contribution is 5.71. The van der Waals surface area contributed by atoms with E-state index in [9.17, 15) is 0 Å². The number of benzene rings is 1. The molecule has 0 N–H and O–H groups in total. The van der Waals surface area contributed by atoms with E-state index >= 15 is 0 Å². The molecule has 3 aliphatic rings. The maximum atomic E-state index is 2.64. The molecule has 1 aromatic carbocycles. The number of aryl methyl sites for hydroxylation is 2. The Morgan fingerprint density at radius 1 is 0.833 bits per heavy atom. The number of fused-ring (bicyclic) bond motifs is 2. The molecule has 0 amide bonds. The highest BCUT2D eigenvalue weighted by atomic mass is 14.5. The first-order valence-electron chi connectivity index (χ1n) is 12.1. The predicted octanol–water partition coefficient (Wildman–Crippen LogP) is 8.74. The van der Waals surface area contributed by atoms with Crippen molar-refractivity contribution in [1.29, 1.82) is 0 Å². The third-order valence-corrected chi connectivity index (χ3v) is 8.99. The molecule has 4 rings (SSSR count). The minimum absolute atomic E-state index is 0.127. The Kier molecular flexibility index (Phi) is 5.04. The van der Waals surface area contributed by atoms with Crippen LogP contribution >= 0.6 is 0 Å². The molecular weight excluding hydrogens is 360 g/mol. The standard InChI is InChI=1S/C30H42/c1-19-14-26-15-24-12-10-11-13-25(24)16-27(26)30(19,17-28(6,7)8)18-29(9)22(4)20(2)21(3)23(29)5/h14-16H,10-13,17-18H2,1-9H3. The van der Waals surface area contributed by atoms with Gasteiger partial charge in [0.25, 0.3) is 0 Å². The van der Waals surface area contributed by atoms with Crippen molar-refractivity contribution in [2.24, 2.45) is 10.8 Å². The van der Waals surface area contributed by atoms with E-state index in [0.29, 0.717) is 0 Å². The van der Waals surface area contributed by atoms with Crippen LogP contribution in [0, 0.1) is 10.8 Å². The molecule has 0 saturated heterocycles. The van der Waals surface area contributed by atoms with E-state index in [2.05, 4.69) is 80.5 Å². The molecule has 0 aromatic heterocycles. The van der Waals surface area contributed by atoms with Gasteiger partial charge in [-0.2, -0.15) is 0 Å². The summed E-state index contributed by atoms with van der Waals surface area (Å²) in [7, 11) is 0. The first kappa shape index (κ1) is 21.7. The summed E-state index contributed by atoms with van der Waals surface area (Å²) in [4.78, 5) is 0. The van der Waals surface area contributed by atoms with Crippen molar-refractivity contribution in [3.8, 4) is 0 Å². The number of allylic oxidation sites excluding steroid dienone is 5. The Morgan fingerprint density at radius 3 is 1.90 bits per heavy atom. The maximum Gasteiger partial charge on any atom is 0.0184 e. The fourth-order valence-corrected chi connectivity index (χ4v) is 6.90. The van der Waals surface area contributed by atoms with Crippen LogP contribution in [-0.4, -0.2) is 0 Å². The molecule has 0 heterocycles. The molecule has 162 valence electrons. The van der Waals surface area contributed by atoms with Crippen molar-refractivity contribution in [3.05, 3.63) is 62.3 Å². The van der Waals surface area contributed by atoms with Crippen LogP contribution in [0.25, 0.3) is 6.08 Å². The molecule has 0 saturated carbocycles. The van der Waals surface area contributed by atoms with Gasteiger partial charge >= 0.3 is 0 Å². The fourth-order valence-electron chi connectivity index (χ4n) is 6.90. The van der Waals surface area contributed by atoms with Gasteiger partial charge < -0.3 is 0 Å². The van der Waals surface area contributed by atoms with Crippen LogP contribution in [0.1, 0.15) is 110 Å². The second kappa shape index (κ2) is 6.98. The predicted molar refractivity (Wildman–Crippen MR) is 132 cm³/mol. The summed E-state index contributed by atoms with van der Waals surface area (Å²) >= 11 is 0. The average Bonchev–Trinajstić information content (AvgIpc) is 2.99. The largest absolute Gasteiger partial charge is 0.0620 e. The molecule has 0 aliphatic heterocycles. The minimum Gasteiger partial charge on any atom is -0.0620 e. The van der Waals surface area contributed by atoms with Crippen molar-refractivity contribution < 1.29 is 0 Å². The van der Waals surface area contributed by atoms with E-state index in [1.807, 2.05) is 0 Å². The van der Waals surface area contributed by atoms with Gasteiger partial charge in [0.05, 0.1) is 0 Å². The van der Waals surface area contributed by atoms with E-state index in [0.717, 1.165) is 0 Å². The van der Waals surface area contributed by atoms with Crippen molar-refractivity contribution in [2.45, 2.75) is 106 Å². The quantitative estimate of drug-likeness (QED) is 0.474. The van der Waals surface area contributed by atoms with Crippen molar-refractivity contribution in [3.63, 3.8) is 0 Å². The Balaban J connectivity index is 1.90. The lowest BCUT2D eigenvalue weighted by Gasteiger charge is -2.45. The molecule has 3 aliphatic carbocycles. The van der Waals surface area contributed by atoms with Crippen molar-refractivity contribution in [1.82, 2.24) is 0 Å². The van der Waals surface area contributed by atoms with E-state index in [1.54, 1.807) is 33.4 Å². The molecule has 0 bridgehead atoms. The molecule has 1 atom stereocenters. The first-order chi connectivity index (χ1) is 13.9. The number of rotatable bonds is 3. The van der Waals surface area contributed by atoms with E-state index in [4.69, 9.17) is 0 Å². The molecule has 0 fully saturated rings. The van der Waals surface area contributed by atoms with Gasteiger partial charge in [-0.25, -0.2) is 0 Å². The Hall–Kier alpha value is -1.56. The number of hydrogen-bond acceptors (Lipinski definition) is 0. The molecular formula is C30H42. The van der Waals surface area contributed by atoms with Crippen LogP contribution in [-0.2, 0) is 18.3 Å². The van der Waals surface area contributed by atoms with Crippen LogP contribution in [0.2, 0.25) is 0 Å². The second-order valence-electron chi connectivity index (χ2n) is 12.1. The van der Waals surface area contributed by atoms with Crippen LogP contribution in [0.4, 0.5) is 0 Å². The SMILES string of the molecule is CC1=Cc2cc3c(cc2C1(CC(C)(C)C)CC1(C)C(C)=C(C)C(C)=C1C)CCCC3. The van der Waals surface area contributed by atoms with E-state index in [1.165, 1.54) is 55.2 Å². The third kappa shape index (κ3) is 3.17. The van der Waals surface area contributed by atoms with Crippen molar-refractivity contribution >= 4 is 6.08 Å². The highest BCUT2D eigenvalue weighted by Crippen LogP contribution is 2.60. The smallest absolute Gasteiger partial charge is 0.0184 e. The summed E-state index contributed by atoms with van der Waals surface area (Å²) in [6.45, 7) is 21.7. The average molecular weight is 403 g/mol. The van der Waals surface area contributed by atoms with Crippen LogP contribution in [0.15, 0.2) is 40.0 Å². The summed E-state index contributed by atoms with van der Waals surface area (Å²) in [6.07, 6.45) is 10.2.